The Bertz CT molecular complexity index is 1540. The summed E-state index contributed by atoms with van der Waals surface area (Å²) >= 11 is 0. The lowest BCUT2D eigenvalue weighted by Gasteiger charge is -2.41. The fraction of sp³-hybridized carbons (Fsp3) is 0.649. The Morgan fingerprint density at radius 2 is 1.87 bits per heavy atom. The molecule has 1 fully saturated rings. The van der Waals surface area contributed by atoms with Gasteiger partial charge in [-0.05, 0) is 106 Å². The molecule has 1 aromatic carbocycles. The minimum Gasteiger partial charge on any atom is -0.490 e. The molecule has 1 saturated heterocycles. The second-order valence-electron chi connectivity index (χ2n) is 14.4. The van der Waals surface area contributed by atoms with E-state index in [9.17, 15) is 4.79 Å². The van der Waals surface area contributed by atoms with Crippen LogP contribution >= 0.6 is 0 Å². The smallest absolute Gasteiger partial charge is 0.340 e. The number of aromatic nitrogens is 3. The molecule has 10 nitrogen and oxygen atoms in total. The minimum atomic E-state index is -0.969. The molecule has 0 aliphatic carbocycles. The van der Waals surface area contributed by atoms with E-state index in [2.05, 4.69) is 43.9 Å². The fourth-order valence-corrected chi connectivity index (χ4v) is 6.48. The highest BCUT2D eigenvalue weighted by atomic mass is 16.6. The molecule has 2 aromatic heterocycles. The van der Waals surface area contributed by atoms with Gasteiger partial charge in [0.05, 0.1) is 47.9 Å². The molecule has 3 aromatic rings. The van der Waals surface area contributed by atoms with Gasteiger partial charge in [0.25, 0.3) is 0 Å². The number of fused-ring (bicyclic) bond motifs is 10. The highest BCUT2D eigenvalue weighted by Crippen LogP contribution is 2.39. The van der Waals surface area contributed by atoms with E-state index in [1.54, 1.807) is 0 Å². The van der Waals surface area contributed by atoms with Crippen molar-refractivity contribution in [2.45, 2.75) is 131 Å². The van der Waals surface area contributed by atoms with Crippen molar-refractivity contribution >= 4 is 17.4 Å². The predicted octanol–water partition coefficient (Wildman–Crippen LogP) is 7.37. The zero-order valence-electron chi connectivity index (χ0n) is 29.9. The molecule has 0 saturated carbocycles. The van der Waals surface area contributed by atoms with Gasteiger partial charge >= 0.3 is 5.97 Å². The van der Waals surface area contributed by atoms with Gasteiger partial charge in [0.2, 0.25) is 0 Å². The van der Waals surface area contributed by atoms with E-state index in [1.807, 2.05) is 52.1 Å². The second-order valence-corrected chi connectivity index (χ2v) is 14.4. The Balaban J connectivity index is 1.59. The molecule has 0 amide bonds. The summed E-state index contributed by atoms with van der Waals surface area (Å²) in [5, 5.41) is 5.04. The normalized spacial score (nSPS) is 23.7. The van der Waals surface area contributed by atoms with E-state index in [4.69, 9.17) is 33.8 Å². The van der Waals surface area contributed by atoms with Gasteiger partial charge in [-0.3, -0.25) is 0 Å². The quantitative estimate of drug-likeness (QED) is 0.268. The first-order chi connectivity index (χ1) is 22.3. The number of aryl methyl sites for hydroxylation is 2. The number of hydrogen-bond donors (Lipinski definition) is 0. The van der Waals surface area contributed by atoms with Crippen LogP contribution in [0, 0.1) is 13.8 Å². The average Bonchev–Trinajstić information content (AvgIpc) is 3.40. The average molecular weight is 651 g/mol. The number of carbonyl (C=O) groups is 1. The molecular formula is C37H54N4O6. The number of carbonyl (C=O) groups excluding carboxylic acids is 1. The van der Waals surface area contributed by atoms with Crippen LogP contribution in [0.25, 0.3) is 5.65 Å². The molecule has 3 atom stereocenters. The Labute approximate surface area is 280 Å². The van der Waals surface area contributed by atoms with Crippen LogP contribution in [-0.2, 0) is 30.3 Å². The van der Waals surface area contributed by atoms with E-state index < -0.39 is 17.7 Å². The first-order valence-corrected chi connectivity index (χ1v) is 17.3. The lowest BCUT2D eigenvalue weighted by molar-refractivity contribution is -0.166. The summed E-state index contributed by atoms with van der Waals surface area (Å²) < 4.78 is 33.3. The number of ether oxygens (including phenoxy) is 5. The number of benzene rings is 1. The minimum absolute atomic E-state index is 0.0771. The monoisotopic (exact) mass is 650 g/mol. The summed E-state index contributed by atoms with van der Waals surface area (Å²) in [5.41, 5.74) is 4.12. The molecule has 3 aliphatic rings. The van der Waals surface area contributed by atoms with Crippen molar-refractivity contribution < 1.29 is 28.5 Å². The van der Waals surface area contributed by atoms with E-state index in [1.165, 1.54) is 0 Å². The van der Waals surface area contributed by atoms with Gasteiger partial charge in [-0.25, -0.2) is 9.78 Å². The van der Waals surface area contributed by atoms with Crippen molar-refractivity contribution in [2.75, 3.05) is 31.2 Å². The van der Waals surface area contributed by atoms with Crippen LogP contribution in [0.15, 0.2) is 24.3 Å². The van der Waals surface area contributed by atoms with Crippen molar-refractivity contribution in [3.8, 4) is 5.75 Å². The summed E-state index contributed by atoms with van der Waals surface area (Å²) in [6.45, 7) is 20.8. The number of esters is 1. The molecular weight excluding hydrogens is 596 g/mol. The number of anilines is 1. The standard InChI is InChI=1S/C37H54N4O6/c1-10-43-35(42)33(47-36(6,7)8)32-26(4)38-31-22-28-23-44-27(5)29-15-14-24(2)21-30(29)46-25(3)13-11-12-20-45-37(9)16-18-40(19-17-37)34(32)41(31)39-28/h14-15,21-22,25,27,33H,10-13,16-20,23H2,1-9H3/t25-,27?,33-/m0/s1. The summed E-state index contributed by atoms with van der Waals surface area (Å²) in [6, 6.07) is 8.25. The molecule has 4 bridgehead atoms. The molecule has 3 aliphatic heterocycles. The van der Waals surface area contributed by atoms with Crippen molar-refractivity contribution in [1.29, 1.82) is 0 Å². The number of rotatable bonds is 4. The topological polar surface area (TPSA) is 96.7 Å². The molecule has 0 radical (unpaired) electrons. The van der Waals surface area contributed by atoms with Crippen molar-refractivity contribution in [2.24, 2.45) is 0 Å². The van der Waals surface area contributed by atoms with Crippen LogP contribution in [0.5, 0.6) is 5.75 Å². The Hall–Kier alpha value is -3.21. The summed E-state index contributed by atoms with van der Waals surface area (Å²) in [5.74, 6) is 1.22. The maximum absolute atomic E-state index is 13.5. The Morgan fingerprint density at radius 1 is 1.13 bits per heavy atom. The van der Waals surface area contributed by atoms with Gasteiger partial charge in [-0.1, -0.05) is 12.1 Å². The third-order valence-electron chi connectivity index (χ3n) is 9.08. The van der Waals surface area contributed by atoms with Crippen molar-refractivity contribution in [3.63, 3.8) is 0 Å². The molecule has 10 heteroatoms. The van der Waals surface area contributed by atoms with Crippen LogP contribution in [0.4, 0.5) is 5.82 Å². The summed E-state index contributed by atoms with van der Waals surface area (Å²) in [4.78, 5) is 20.8. The summed E-state index contributed by atoms with van der Waals surface area (Å²) in [7, 11) is 0. The van der Waals surface area contributed by atoms with Gasteiger partial charge in [-0.2, -0.15) is 9.61 Å². The van der Waals surface area contributed by atoms with Crippen LogP contribution in [-0.4, -0.2) is 64.2 Å². The Kier molecular flexibility index (Phi) is 10.8. The predicted molar refractivity (Wildman–Crippen MR) is 182 cm³/mol. The number of hydrogen-bond acceptors (Lipinski definition) is 9. The third-order valence-corrected chi connectivity index (χ3v) is 9.08. The van der Waals surface area contributed by atoms with Crippen molar-refractivity contribution in [3.05, 3.63) is 52.3 Å². The lowest BCUT2D eigenvalue weighted by atomic mass is 9.92. The molecule has 47 heavy (non-hydrogen) atoms. The van der Waals surface area contributed by atoms with E-state index in [-0.39, 0.29) is 31.0 Å². The first kappa shape index (κ1) is 35.1. The zero-order chi connectivity index (χ0) is 33.9. The number of nitrogens with zero attached hydrogens (tertiary/aromatic N) is 4. The molecule has 5 heterocycles. The third kappa shape index (κ3) is 8.45. The highest BCUT2D eigenvalue weighted by Gasteiger charge is 2.38. The van der Waals surface area contributed by atoms with E-state index >= 15 is 0 Å². The van der Waals surface area contributed by atoms with Gasteiger partial charge in [0.1, 0.15) is 11.6 Å². The molecule has 0 N–H and O–H groups in total. The molecule has 0 spiro atoms. The lowest BCUT2D eigenvalue weighted by Crippen LogP contribution is -2.46. The first-order valence-electron chi connectivity index (χ1n) is 17.3. The SMILES string of the molecule is CCOC(=O)[C@@H](OC(C)(C)C)c1c(C)nc2cc3nn2c1N1CCC(C)(CC1)OCCCC[C@H](C)Oc1cc(C)ccc1C(C)OC3. The van der Waals surface area contributed by atoms with Crippen LogP contribution in [0.1, 0.15) is 121 Å². The maximum Gasteiger partial charge on any atom is 0.340 e. The van der Waals surface area contributed by atoms with Crippen LogP contribution in [0.2, 0.25) is 0 Å². The van der Waals surface area contributed by atoms with E-state index in [0.717, 1.165) is 73.6 Å². The zero-order valence-corrected chi connectivity index (χ0v) is 29.9. The highest BCUT2D eigenvalue weighted by molar-refractivity contribution is 5.80. The molecule has 1 unspecified atom stereocenters. The molecule has 6 rings (SSSR count). The van der Waals surface area contributed by atoms with Gasteiger partial charge in [0, 0.05) is 37.0 Å². The van der Waals surface area contributed by atoms with Crippen molar-refractivity contribution in [1.82, 2.24) is 14.6 Å². The largest absolute Gasteiger partial charge is 0.490 e. The van der Waals surface area contributed by atoms with Gasteiger partial charge in [-0.15, -0.1) is 0 Å². The van der Waals surface area contributed by atoms with Gasteiger partial charge < -0.3 is 28.6 Å². The Morgan fingerprint density at radius 3 is 2.57 bits per heavy atom. The maximum atomic E-state index is 13.5. The second kappa shape index (κ2) is 14.5. The number of piperidine rings is 1. The van der Waals surface area contributed by atoms with E-state index in [0.29, 0.717) is 23.5 Å². The van der Waals surface area contributed by atoms with Gasteiger partial charge in [0.15, 0.2) is 11.8 Å². The van der Waals surface area contributed by atoms with Crippen LogP contribution in [0.3, 0.4) is 0 Å². The fourth-order valence-electron chi connectivity index (χ4n) is 6.48. The van der Waals surface area contributed by atoms with Crippen LogP contribution < -0.4 is 9.64 Å². The molecule has 258 valence electrons. The summed E-state index contributed by atoms with van der Waals surface area (Å²) in [6.07, 6.45) is 3.51.